The normalized spacial score (nSPS) is 20.1. The van der Waals surface area contributed by atoms with Crippen molar-refractivity contribution in [2.24, 2.45) is 0 Å². The first-order valence-electron chi connectivity index (χ1n) is 6.69. The fourth-order valence-corrected chi connectivity index (χ4v) is 3.80. The van der Waals surface area contributed by atoms with Gasteiger partial charge in [-0.2, -0.15) is 4.31 Å². The number of nitrogens with one attached hydrogen (secondary N) is 1. The van der Waals surface area contributed by atoms with E-state index in [0.717, 1.165) is 0 Å². The van der Waals surface area contributed by atoms with Gasteiger partial charge in [-0.1, -0.05) is 6.07 Å². The van der Waals surface area contributed by atoms with Gasteiger partial charge in [0.1, 0.15) is 6.04 Å². The molecule has 7 nitrogen and oxygen atoms in total. The first kappa shape index (κ1) is 15.7. The average Bonchev–Trinajstić information content (AvgIpc) is 2.47. The highest BCUT2D eigenvalue weighted by Crippen LogP contribution is 2.22. The summed E-state index contributed by atoms with van der Waals surface area (Å²) in [5, 5.41) is 2.63. The number of carbonyl (C=O) groups excluding carboxylic acids is 1. The Morgan fingerprint density at radius 2 is 2.29 bits per heavy atom. The first-order chi connectivity index (χ1) is 9.96. The monoisotopic (exact) mass is 313 g/mol. The van der Waals surface area contributed by atoms with E-state index >= 15 is 0 Å². The summed E-state index contributed by atoms with van der Waals surface area (Å²) in [5.74, 6) is -0.357. The summed E-state index contributed by atoms with van der Waals surface area (Å²) in [4.78, 5) is 12.1. The van der Waals surface area contributed by atoms with Crippen molar-refractivity contribution >= 4 is 21.6 Å². The Morgan fingerprint density at radius 3 is 2.95 bits per heavy atom. The van der Waals surface area contributed by atoms with E-state index in [-0.39, 0.29) is 30.6 Å². The Bertz CT molecular complexity index is 618. The molecular weight excluding hydrogens is 294 g/mol. The Labute approximate surface area is 124 Å². The van der Waals surface area contributed by atoms with Crippen molar-refractivity contribution in [2.75, 3.05) is 32.0 Å². The molecule has 1 amide bonds. The van der Waals surface area contributed by atoms with Crippen LogP contribution < -0.4 is 11.1 Å². The number of rotatable bonds is 4. The third kappa shape index (κ3) is 3.34. The second-order valence-electron chi connectivity index (χ2n) is 4.67. The van der Waals surface area contributed by atoms with Gasteiger partial charge in [0.25, 0.3) is 0 Å². The molecule has 1 heterocycles. The number of anilines is 1. The second kappa shape index (κ2) is 6.42. The van der Waals surface area contributed by atoms with E-state index in [1.165, 1.54) is 16.4 Å². The fourth-order valence-electron chi connectivity index (χ4n) is 2.19. The molecule has 0 radical (unpaired) electrons. The minimum Gasteiger partial charge on any atom is -0.399 e. The van der Waals surface area contributed by atoms with Crippen molar-refractivity contribution in [1.82, 2.24) is 9.62 Å². The lowest BCUT2D eigenvalue weighted by molar-refractivity contribution is -0.129. The molecule has 1 atom stereocenters. The summed E-state index contributed by atoms with van der Waals surface area (Å²) in [6.45, 7) is 2.66. The third-order valence-electron chi connectivity index (χ3n) is 3.20. The van der Waals surface area contributed by atoms with E-state index < -0.39 is 16.1 Å². The molecule has 8 heteroatoms. The molecule has 1 saturated heterocycles. The van der Waals surface area contributed by atoms with Crippen molar-refractivity contribution in [3.63, 3.8) is 0 Å². The van der Waals surface area contributed by atoms with Crippen LogP contribution in [0.4, 0.5) is 5.69 Å². The molecule has 21 heavy (non-hydrogen) atoms. The molecule has 116 valence electrons. The smallest absolute Gasteiger partial charge is 0.244 e. The predicted molar refractivity (Wildman–Crippen MR) is 78.0 cm³/mol. The summed E-state index contributed by atoms with van der Waals surface area (Å²) in [6, 6.07) is 5.18. The van der Waals surface area contributed by atoms with E-state index in [2.05, 4.69) is 5.32 Å². The quantitative estimate of drug-likeness (QED) is 0.749. The number of hydrogen-bond acceptors (Lipinski definition) is 5. The number of nitrogen functional groups attached to an aromatic ring is 1. The maximum absolute atomic E-state index is 12.7. The van der Waals surface area contributed by atoms with Gasteiger partial charge in [-0.3, -0.25) is 4.79 Å². The van der Waals surface area contributed by atoms with Gasteiger partial charge in [0, 0.05) is 18.8 Å². The largest absolute Gasteiger partial charge is 0.399 e. The van der Waals surface area contributed by atoms with Crippen molar-refractivity contribution < 1.29 is 17.9 Å². The zero-order chi connectivity index (χ0) is 15.5. The maximum atomic E-state index is 12.7. The number of hydrogen-bond donors (Lipinski definition) is 2. The molecule has 3 N–H and O–H groups in total. The average molecular weight is 313 g/mol. The molecule has 1 aromatic rings. The molecule has 2 rings (SSSR count). The van der Waals surface area contributed by atoms with Gasteiger partial charge in [0.15, 0.2) is 0 Å². The fraction of sp³-hybridized carbons (Fsp3) is 0.462. The van der Waals surface area contributed by atoms with Crippen molar-refractivity contribution in [3.05, 3.63) is 24.3 Å². The Morgan fingerprint density at radius 1 is 1.52 bits per heavy atom. The highest BCUT2D eigenvalue weighted by Gasteiger charge is 2.38. The number of sulfonamides is 1. The zero-order valence-corrected chi connectivity index (χ0v) is 12.6. The molecular formula is C13H19N3O4S. The Balaban J connectivity index is 2.34. The van der Waals surface area contributed by atoms with Gasteiger partial charge in [-0.25, -0.2) is 8.42 Å². The van der Waals surface area contributed by atoms with Crippen LogP contribution in [0.3, 0.4) is 0 Å². The molecule has 0 aromatic heterocycles. The van der Waals surface area contributed by atoms with Gasteiger partial charge >= 0.3 is 0 Å². The van der Waals surface area contributed by atoms with Crippen molar-refractivity contribution in [2.45, 2.75) is 17.9 Å². The van der Waals surface area contributed by atoms with Gasteiger partial charge in [-0.05, 0) is 25.1 Å². The minimum atomic E-state index is -3.78. The number of carbonyl (C=O) groups is 1. The van der Waals surface area contributed by atoms with E-state index in [4.69, 9.17) is 10.5 Å². The van der Waals surface area contributed by atoms with Crippen LogP contribution in [0, 0.1) is 0 Å². The molecule has 1 unspecified atom stereocenters. The van der Waals surface area contributed by atoms with Crippen LogP contribution >= 0.6 is 0 Å². The van der Waals surface area contributed by atoms with Crippen LogP contribution in [0.2, 0.25) is 0 Å². The molecule has 0 saturated carbocycles. The molecule has 0 bridgehead atoms. The summed E-state index contributed by atoms with van der Waals surface area (Å²) >= 11 is 0. The number of nitrogens with zero attached hydrogens (tertiary/aromatic N) is 1. The maximum Gasteiger partial charge on any atom is 0.244 e. The molecule has 1 fully saturated rings. The van der Waals surface area contributed by atoms with Crippen LogP contribution in [0.25, 0.3) is 0 Å². The molecule has 1 aromatic carbocycles. The minimum absolute atomic E-state index is 0.0490. The van der Waals surface area contributed by atoms with Gasteiger partial charge in [-0.15, -0.1) is 0 Å². The van der Waals surface area contributed by atoms with Gasteiger partial charge in [0.05, 0.1) is 18.1 Å². The lowest BCUT2D eigenvalue weighted by Gasteiger charge is -2.33. The molecule has 1 aliphatic rings. The van der Waals surface area contributed by atoms with Crippen LogP contribution in [0.15, 0.2) is 29.2 Å². The van der Waals surface area contributed by atoms with E-state index in [1.807, 2.05) is 0 Å². The molecule has 0 aliphatic carbocycles. The lowest BCUT2D eigenvalue weighted by Crippen LogP contribution is -2.55. The Hall–Kier alpha value is -1.64. The molecule has 1 aliphatic heterocycles. The number of likely N-dealkylation sites (N-methyl/N-ethyl adjacent to an activating group) is 1. The highest BCUT2D eigenvalue weighted by atomic mass is 32.2. The van der Waals surface area contributed by atoms with E-state index in [0.29, 0.717) is 12.2 Å². The van der Waals surface area contributed by atoms with Gasteiger partial charge < -0.3 is 15.8 Å². The van der Waals surface area contributed by atoms with E-state index in [9.17, 15) is 13.2 Å². The van der Waals surface area contributed by atoms with Crippen molar-refractivity contribution in [1.29, 1.82) is 0 Å². The Kier molecular flexibility index (Phi) is 4.81. The third-order valence-corrected chi connectivity index (χ3v) is 5.10. The summed E-state index contributed by atoms with van der Waals surface area (Å²) in [7, 11) is -3.78. The number of amides is 1. The van der Waals surface area contributed by atoms with Crippen LogP contribution in [-0.2, 0) is 19.6 Å². The topological polar surface area (TPSA) is 102 Å². The van der Waals surface area contributed by atoms with Crippen LogP contribution in [0.5, 0.6) is 0 Å². The summed E-state index contributed by atoms with van der Waals surface area (Å²) in [6.07, 6.45) is 0. The zero-order valence-electron chi connectivity index (χ0n) is 11.8. The number of benzene rings is 1. The number of ether oxygens (including phenoxy) is 1. The SMILES string of the molecule is CCNC(=O)C1COCCN1S(=O)(=O)c1cccc(N)c1. The number of nitrogens with two attached hydrogens (primary N) is 1. The summed E-state index contributed by atoms with van der Waals surface area (Å²) < 4.78 is 31.8. The second-order valence-corrected chi connectivity index (χ2v) is 6.56. The van der Waals surface area contributed by atoms with Crippen molar-refractivity contribution in [3.8, 4) is 0 Å². The highest BCUT2D eigenvalue weighted by molar-refractivity contribution is 7.89. The summed E-state index contributed by atoms with van der Waals surface area (Å²) in [5.41, 5.74) is 6.00. The first-order valence-corrected chi connectivity index (χ1v) is 8.13. The lowest BCUT2D eigenvalue weighted by atomic mass is 10.2. The standard InChI is InChI=1S/C13H19N3O4S/c1-2-15-13(17)12-9-20-7-6-16(12)21(18,19)11-5-3-4-10(14)8-11/h3-5,8,12H,2,6-7,9,14H2,1H3,(H,15,17). The van der Waals surface area contributed by atoms with E-state index in [1.54, 1.807) is 19.1 Å². The number of morpholine rings is 1. The van der Waals surface area contributed by atoms with Crippen LogP contribution in [0.1, 0.15) is 6.92 Å². The van der Waals surface area contributed by atoms with Gasteiger partial charge in [0.2, 0.25) is 15.9 Å². The molecule has 0 spiro atoms. The predicted octanol–water partition coefficient (Wildman–Crippen LogP) is -0.206. The van der Waals surface area contributed by atoms with Crippen LogP contribution in [-0.4, -0.2) is 51.0 Å².